The molecule has 8 atom stereocenters. The van der Waals surface area contributed by atoms with Gasteiger partial charge >= 0.3 is 24.0 Å². The maximum atomic E-state index is 12.5. The topological polar surface area (TPSA) is 160 Å². The molecule has 0 saturated carbocycles. The lowest BCUT2D eigenvalue weighted by molar-refractivity contribution is -0.140. The zero-order valence-electron chi connectivity index (χ0n) is 29.6. The molecule has 0 aromatic carbocycles. The molecule has 6 aliphatic rings. The van der Waals surface area contributed by atoms with Crippen molar-refractivity contribution in [1.29, 1.82) is 0 Å². The molecule has 0 unspecified atom stereocenters. The largest absolute Gasteiger partial charge is 0.455 e. The predicted octanol–water partition coefficient (Wildman–Crippen LogP) is 4.66. The number of rotatable bonds is 11. The predicted molar refractivity (Wildman–Crippen MR) is 186 cm³/mol. The van der Waals surface area contributed by atoms with Crippen molar-refractivity contribution in [1.82, 2.24) is 21.3 Å². The number of unbranched alkanes of at least 4 members (excludes halogenated alkanes) is 3. The van der Waals surface area contributed by atoms with Gasteiger partial charge in [0.1, 0.15) is 24.4 Å². The fourth-order valence-electron chi connectivity index (χ4n) is 8.08. The van der Waals surface area contributed by atoms with Gasteiger partial charge in [-0.1, -0.05) is 49.3 Å². The molecule has 4 saturated heterocycles. The second-order valence-electron chi connectivity index (χ2n) is 15.2. The number of esters is 2. The van der Waals surface area contributed by atoms with E-state index in [1.807, 2.05) is 0 Å². The molecule has 274 valence electrons. The Balaban J connectivity index is 0.811. The number of allylic oxidation sites excluding steroid dienone is 2. The van der Waals surface area contributed by atoms with Gasteiger partial charge in [0.25, 0.3) is 0 Å². The van der Waals surface area contributed by atoms with Gasteiger partial charge in [-0.3, -0.25) is 0 Å². The Morgan fingerprint density at radius 1 is 0.700 bits per heavy atom. The van der Waals surface area contributed by atoms with E-state index in [1.54, 1.807) is 0 Å². The quantitative estimate of drug-likeness (QED) is 0.0800. The lowest BCUT2D eigenvalue weighted by Crippen LogP contribution is -2.37. The van der Waals surface area contributed by atoms with Crippen molar-refractivity contribution in [3.63, 3.8) is 0 Å². The Morgan fingerprint density at radius 2 is 1.12 bits per heavy atom. The number of carbonyl (C=O) groups is 4. The molecule has 0 aromatic heterocycles. The van der Waals surface area contributed by atoms with Crippen LogP contribution in [0.4, 0.5) is 9.59 Å². The van der Waals surface area contributed by atoms with Crippen LogP contribution in [-0.4, -0.2) is 85.8 Å². The van der Waals surface area contributed by atoms with Crippen LogP contribution in [0.15, 0.2) is 47.6 Å². The van der Waals surface area contributed by atoms with Gasteiger partial charge in [-0.15, -0.1) is 0 Å². The van der Waals surface area contributed by atoms with Gasteiger partial charge in [0.2, 0.25) is 0 Å². The average Bonchev–Trinajstić information content (AvgIpc) is 3.90. The summed E-state index contributed by atoms with van der Waals surface area (Å²) in [7, 11) is 0. The van der Waals surface area contributed by atoms with Crippen LogP contribution in [0, 0.1) is 11.8 Å². The van der Waals surface area contributed by atoms with Gasteiger partial charge in [-0.25, -0.2) is 19.2 Å². The maximum absolute atomic E-state index is 12.5. The summed E-state index contributed by atoms with van der Waals surface area (Å²) >= 11 is 0. The fraction of sp³-hybridized carbons (Fsp3) is 0.684. The van der Waals surface area contributed by atoms with Gasteiger partial charge in [-0.2, -0.15) is 0 Å². The van der Waals surface area contributed by atoms with Crippen LogP contribution in [0.2, 0.25) is 0 Å². The number of carbonyl (C=O) groups excluding carboxylic acids is 4. The van der Waals surface area contributed by atoms with Crippen LogP contribution in [0.25, 0.3) is 0 Å². The first-order chi connectivity index (χ1) is 24.0. The normalized spacial score (nSPS) is 36.8. The zero-order chi connectivity index (χ0) is 35.5. The summed E-state index contributed by atoms with van der Waals surface area (Å²) in [6, 6.07) is -0.388. The monoisotopic (exact) mass is 694 g/mol. The van der Waals surface area contributed by atoms with Crippen molar-refractivity contribution in [2.24, 2.45) is 11.8 Å². The van der Waals surface area contributed by atoms with Gasteiger partial charge in [0.15, 0.2) is 0 Å². The Labute approximate surface area is 295 Å². The molecule has 4 amide bonds. The van der Waals surface area contributed by atoms with E-state index < -0.39 is 0 Å². The third-order valence-electron chi connectivity index (χ3n) is 11.5. The molecule has 0 bridgehead atoms. The highest BCUT2D eigenvalue weighted by atomic mass is 16.7. The molecule has 4 N–H and O–H groups in total. The molecule has 4 fully saturated rings. The van der Waals surface area contributed by atoms with Crippen LogP contribution in [0.3, 0.4) is 0 Å². The summed E-state index contributed by atoms with van der Waals surface area (Å²) in [5.41, 5.74) is 2.77. The summed E-state index contributed by atoms with van der Waals surface area (Å²) < 4.78 is 23.2. The van der Waals surface area contributed by atoms with E-state index in [0.29, 0.717) is 37.3 Å². The molecule has 4 heterocycles. The average molecular weight is 695 g/mol. The van der Waals surface area contributed by atoms with E-state index in [1.165, 1.54) is 0 Å². The van der Waals surface area contributed by atoms with E-state index >= 15 is 0 Å². The van der Waals surface area contributed by atoms with E-state index in [-0.39, 0.29) is 71.5 Å². The second-order valence-corrected chi connectivity index (χ2v) is 15.2. The van der Waals surface area contributed by atoms with E-state index in [2.05, 4.69) is 60.4 Å². The highest BCUT2D eigenvalue weighted by Crippen LogP contribution is 2.51. The van der Waals surface area contributed by atoms with Crippen molar-refractivity contribution < 1.29 is 38.1 Å². The third-order valence-corrected chi connectivity index (χ3v) is 11.5. The molecular weight excluding hydrogens is 640 g/mol. The molecule has 0 radical (unpaired) electrons. The Morgan fingerprint density at radius 3 is 1.54 bits per heavy atom. The first kappa shape index (κ1) is 36.2. The van der Waals surface area contributed by atoms with Crippen molar-refractivity contribution >= 4 is 24.0 Å². The molecule has 0 spiro atoms. The summed E-state index contributed by atoms with van der Waals surface area (Å²) in [4.78, 5) is 49.3. The summed E-state index contributed by atoms with van der Waals surface area (Å²) in [5, 5.41) is 11.8. The van der Waals surface area contributed by atoms with Crippen LogP contribution in [-0.2, 0) is 28.5 Å². The summed E-state index contributed by atoms with van der Waals surface area (Å²) in [5.74, 6) is -0.767. The van der Waals surface area contributed by atoms with Crippen molar-refractivity contribution in [3.05, 3.63) is 47.6 Å². The van der Waals surface area contributed by atoms with Crippen LogP contribution >= 0.6 is 0 Å². The second kappa shape index (κ2) is 15.3. The third kappa shape index (κ3) is 8.45. The van der Waals surface area contributed by atoms with Crippen molar-refractivity contribution in [3.8, 4) is 0 Å². The van der Waals surface area contributed by atoms with Gasteiger partial charge in [0.05, 0.1) is 11.2 Å². The smallest absolute Gasteiger partial charge is 0.334 e. The number of epoxide rings is 2. The molecule has 6 rings (SSSR count). The Kier molecular flexibility index (Phi) is 11.1. The molecule has 0 aromatic rings. The van der Waals surface area contributed by atoms with Gasteiger partial charge < -0.3 is 40.2 Å². The standard InChI is InChI=1S/C38H54N4O8/c1-23-27-15-13-25(11-9-17-37(3)31(49-37)29(27)47-33(23)43)21-41-35(45)39-19-7-5-6-8-20-40-36(46)42-22-26-12-10-18-38(4)32(50-38)30-28(16-14-26)24(2)34(44)48-30/h11-12,27-32H,1-2,5-10,13-22H2,3-4H3,(H2,39,41,45)(H2,40,42,46)/b25-11+,26-12+/t27-,28-,29-,30-,31-,32-,37+,38+/m0/s1. The fourth-order valence-corrected chi connectivity index (χ4v) is 8.08. The molecule has 2 aliphatic carbocycles. The number of fused-ring (bicyclic) bond motifs is 6. The molecule has 4 aliphatic heterocycles. The van der Waals surface area contributed by atoms with E-state index in [4.69, 9.17) is 18.9 Å². The zero-order valence-corrected chi connectivity index (χ0v) is 29.6. The van der Waals surface area contributed by atoms with Gasteiger partial charge in [-0.05, 0) is 78.1 Å². The lowest BCUT2D eigenvalue weighted by atomic mass is 9.84. The molecule has 50 heavy (non-hydrogen) atoms. The van der Waals surface area contributed by atoms with E-state index in [9.17, 15) is 19.2 Å². The number of ether oxygens (including phenoxy) is 4. The SMILES string of the molecule is C=C1C(=O)O[C@H]2[C@H]1CC/C(CNC(=O)NCCCCCCNC(=O)NC/C1=C/CC[C@@]3(C)O[C@H]3[C@H]3OC(=O)C(=C)[C@@H]3CC1)=C\CC[C@@]1(C)O[C@@H]21. The molecular formula is C38H54N4O8. The number of hydrogen-bond acceptors (Lipinski definition) is 8. The Hall–Kier alpha value is -3.64. The number of hydrogen-bond donors (Lipinski definition) is 4. The van der Waals surface area contributed by atoms with Gasteiger partial charge in [0, 0.05) is 49.2 Å². The molecule has 12 nitrogen and oxygen atoms in total. The molecule has 12 heteroatoms. The first-order valence-corrected chi connectivity index (χ1v) is 18.5. The van der Waals surface area contributed by atoms with Crippen LogP contribution in [0.5, 0.6) is 0 Å². The minimum absolute atomic E-state index is 0.0602. The van der Waals surface area contributed by atoms with Crippen LogP contribution in [0.1, 0.15) is 90.9 Å². The van der Waals surface area contributed by atoms with E-state index in [0.717, 1.165) is 88.2 Å². The highest BCUT2D eigenvalue weighted by Gasteiger charge is 2.62. The summed E-state index contributed by atoms with van der Waals surface area (Å²) in [6.45, 7) is 14.2. The number of urea groups is 2. The van der Waals surface area contributed by atoms with Crippen molar-refractivity contribution in [2.45, 2.75) is 127 Å². The number of nitrogens with one attached hydrogen (secondary N) is 4. The Bertz CT molecular complexity index is 1340. The van der Waals surface area contributed by atoms with Crippen molar-refractivity contribution in [2.75, 3.05) is 26.2 Å². The lowest BCUT2D eigenvalue weighted by Gasteiger charge is -2.20. The van der Waals surface area contributed by atoms with Crippen LogP contribution < -0.4 is 21.3 Å². The highest BCUT2D eigenvalue weighted by molar-refractivity contribution is 5.91. The summed E-state index contributed by atoms with van der Waals surface area (Å²) in [6.07, 6.45) is 13.7. The number of amides is 4. The minimum atomic E-state index is -0.323. The minimum Gasteiger partial charge on any atom is -0.455 e. The first-order valence-electron chi connectivity index (χ1n) is 18.5. The maximum Gasteiger partial charge on any atom is 0.334 e.